The average molecular weight is 146 g/mol. The summed E-state index contributed by atoms with van der Waals surface area (Å²) in [4.78, 5) is 0. The Labute approximate surface area is 76.1 Å². The Bertz CT molecular complexity index is 79.0. The third-order valence-electron chi connectivity index (χ3n) is 0.476. The Morgan fingerprint density at radius 2 is 2.12 bits per heavy atom. The predicted molar refractivity (Wildman–Crippen MR) is 31.6 cm³/mol. The van der Waals surface area contributed by atoms with Gasteiger partial charge in [-0.15, -0.1) is 0 Å². The van der Waals surface area contributed by atoms with Crippen LogP contribution in [0.4, 0.5) is 0 Å². The first-order valence-electron chi connectivity index (χ1n) is 2.20. The first-order chi connectivity index (χ1) is 3.13. The topological polar surface area (TPSA) is 37.3 Å². The van der Waals surface area contributed by atoms with Gasteiger partial charge in [-0.25, -0.2) is 4.21 Å². The van der Waals surface area contributed by atoms with Gasteiger partial charge in [-0.05, 0) is 5.92 Å². The minimum absolute atomic E-state index is 0. The summed E-state index contributed by atoms with van der Waals surface area (Å²) in [7, 11) is 0. The second kappa shape index (κ2) is 6.23. The van der Waals surface area contributed by atoms with E-state index in [1.165, 1.54) is 0 Å². The van der Waals surface area contributed by atoms with Crippen LogP contribution in [0.2, 0.25) is 0 Å². The van der Waals surface area contributed by atoms with Crippen molar-refractivity contribution in [1.29, 1.82) is 0 Å². The molecule has 0 aliphatic heterocycles. The van der Waals surface area contributed by atoms with Gasteiger partial charge in [0.25, 0.3) is 0 Å². The number of hydrogen-bond acceptors (Lipinski definition) is 1. The summed E-state index contributed by atoms with van der Waals surface area (Å²) >= 11 is -1.60. The molecule has 8 heavy (non-hydrogen) atoms. The molecule has 0 heterocycles. The van der Waals surface area contributed by atoms with E-state index in [1.807, 2.05) is 13.8 Å². The summed E-state index contributed by atoms with van der Waals surface area (Å²) in [6, 6.07) is 0. The van der Waals surface area contributed by atoms with Crippen molar-refractivity contribution in [1.82, 2.24) is 0 Å². The second-order valence-electron chi connectivity index (χ2n) is 1.88. The van der Waals surface area contributed by atoms with E-state index in [-0.39, 0.29) is 31.0 Å². The fraction of sp³-hybridized carbons (Fsp3) is 1.00. The van der Waals surface area contributed by atoms with Gasteiger partial charge in [0.1, 0.15) is 0 Å². The monoisotopic (exact) mass is 146 g/mol. The van der Waals surface area contributed by atoms with Crippen molar-refractivity contribution in [3.8, 4) is 0 Å². The van der Waals surface area contributed by atoms with E-state index in [2.05, 4.69) is 0 Å². The number of rotatable bonds is 2. The van der Waals surface area contributed by atoms with Crippen LogP contribution in [0.5, 0.6) is 0 Å². The molecule has 46 valence electrons. The van der Waals surface area contributed by atoms with E-state index in [0.29, 0.717) is 11.7 Å². The first-order valence-corrected chi connectivity index (χ1v) is 3.48. The molecule has 1 atom stereocenters. The van der Waals surface area contributed by atoms with Crippen LogP contribution in [0.25, 0.3) is 0 Å². The van der Waals surface area contributed by atoms with Gasteiger partial charge in [0.2, 0.25) is 0 Å². The Balaban J connectivity index is -0.000000180. The van der Waals surface area contributed by atoms with Crippen LogP contribution in [-0.4, -0.2) is 14.5 Å². The molecule has 0 aromatic carbocycles. The molecule has 1 unspecified atom stereocenters. The van der Waals surface area contributed by atoms with Gasteiger partial charge in [0.05, 0.1) is 5.75 Å². The second-order valence-corrected chi connectivity index (χ2v) is 2.86. The molecule has 0 fully saturated rings. The Hall–Kier alpha value is 1.11. The molecule has 0 spiro atoms. The van der Waals surface area contributed by atoms with E-state index in [0.717, 1.165) is 0 Å². The van der Waals surface area contributed by atoms with Crippen LogP contribution < -0.4 is 29.6 Å². The Kier molecular flexibility index (Phi) is 9.24. The smallest absolute Gasteiger partial charge is 1.00 e. The minimum atomic E-state index is -1.60. The van der Waals surface area contributed by atoms with E-state index in [9.17, 15) is 4.21 Å². The quantitative estimate of drug-likeness (QED) is 0.361. The molecule has 0 saturated carbocycles. The fourth-order valence-electron chi connectivity index (χ4n) is 0.285. The maximum Gasteiger partial charge on any atom is 1.00 e. The summed E-state index contributed by atoms with van der Waals surface area (Å²) in [5.41, 5.74) is 0. The van der Waals surface area contributed by atoms with Gasteiger partial charge >= 0.3 is 29.6 Å². The van der Waals surface area contributed by atoms with Crippen LogP contribution in [0, 0.1) is 5.92 Å². The molecule has 2 nitrogen and oxygen atoms in total. The van der Waals surface area contributed by atoms with E-state index < -0.39 is 11.1 Å². The van der Waals surface area contributed by atoms with Crippen LogP contribution in [0.3, 0.4) is 0 Å². The molecule has 0 amide bonds. The van der Waals surface area contributed by atoms with Gasteiger partial charge in [0.15, 0.2) is 11.1 Å². The molecular formula is C4H11NaO2S. The summed E-state index contributed by atoms with van der Waals surface area (Å²) in [5, 5.41) is 0. The molecule has 0 aliphatic rings. The van der Waals surface area contributed by atoms with E-state index in [4.69, 9.17) is 4.55 Å². The van der Waals surface area contributed by atoms with Crippen LogP contribution in [0.15, 0.2) is 0 Å². The molecule has 1 N–H and O–H groups in total. The molecule has 4 heteroatoms. The SMILES string of the molecule is CC(C)CS(=O)O.[H-].[Na+]. The van der Waals surface area contributed by atoms with Crippen LogP contribution in [-0.2, 0) is 11.1 Å². The molecule has 0 saturated heterocycles. The zero-order chi connectivity index (χ0) is 5.86. The molecule has 0 bridgehead atoms. The third-order valence-corrected chi connectivity index (χ3v) is 1.43. The Morgan fingerprint density at radius 1 is 1.75 bits per heavy atom. The van der Waals surface area contributed by atoms with E-state index in [1.54, 1.807) is 0 Å². The fourth-order valence-corrected chi connectivity index (χ4v) is 0.855. The molecule has 0 aliphatic carbocycles. The standard InChI is InChI=1S/C4H10O2S.Na.H/c1-4(2)3-7(5)6;;/h4H,3H2,1-2H3,(H,5,6);;/q;+1;-1. The van der Waals surface area contributed by atoms with E-state index >= 15 is 0 Å². The van der Waals surface area contributed by atoms with Crippen molar-refractivity contribution in [2.75, 3.05) is 5.75 Å². The molecule has 0 radical (unpaired) electrons. The van der Waals surface area contributed by atoms with Crippen molar-refractivity contribution in [3.05, 3.63) is 0 Å². The third kappa shape index (κ3) is 10.2. The first kappa shape index (κ1) is 11.9. The van der Waals surface area contributed by atoms with Crippen molar-refractivity contribution in [3.63, 3.8) is 0 Å². The zero-order valence-electron chi connectivity index (χ0n) is 6.55. The molecule has 0 rings (SSSR count). The zero-order valence-corrected chi connectivity index (χ0v) is 8.36. The maximum absolute atomic E-state index is 9.92. The number of hydrogen-bond donors (Lipinski definition) is 1. The van der Waals surface area contributed by atoms with Crippen LogP contribution in [0.1, 0.15) is 15.3 Å². The average Bonchev–Trinajstić information content (AvgIpc) is 1.27. The van der Waals surface area contributed by atoms with Gasteiger partial charge in [-0.2, -0.15) is 0 Å². The van der Waals surface area contributed by atoms with Crippen molar-refractivity contribution >= 4 is 11.1 Å². The summed E-state index contributed by atoms with van der Waals surface area (Å²) in [5.74, 6) is 0.714. The van der Waals surface area contributed by atoms with Gasteiger partial charge < -0.3 is 5.98 Å². The molecule has 0 aromatic heterocycles. The molecular weight excluding hydrogens is 135 g/mol. The molecule has 0 aromatic rings. The predicted octanol–water partition coefficient (Wildman–Crippen LogP) is -2.02. The van der Waals surface area contributed by atoms with Gasteiger partial charge in [-0.1, -0.05) is 13.8 Å². The van der Waals surface area contributed by atoms with Crippen molar-refractivity contribution < 1.29 is 39.7 Å². The van der Waals surface area contributed by atoms with Crippen molar-refractivity contribution in [2.45, 2.75) is 13.8 Å². The van der Waals surface area contributed by atoms with Crippen LogP contribution >= 0.6 is 0 Å². The van der Waals surface area contributed by atoms with Gasteiger partial charge in [-0.3, -0.25) is 0 Å². The normalized spacial score (nSPS) is 13.0. The summed E-state index contributed by atoms with van der Waals surface area (Å²) in [6.45, 7) is 3.82. The van der Waals surface area contributed by atoms with Gasteiger partial charge in [0, 0.05) is 0 Å². The summed E-state index contributed by atoms with van der Waals surface area (Å²) < 4.78 is 18.1. The minimum Gasteiger partial charge on any atom is -1.00 e. The van der Waals surface area contributed by atoms with Crippen molar-refractivity contribution in [2.24, 2.45) is 5.92 Å². The largest absolute Gasteiger partial charge is 1.00 e. The maximum atomic E-state index is 9.92. The summed E-state index contributed by atoms with van der Waals surface area (Å²) in [6.07, 6.45) is 0. The Morgan fingerprint density at radius 3 is 2.12 bits per heavy atom.